The van der Waals surface area contributed by atoms with Crippen molar-refractivity contribution < 1.29 is 9.84 Å². The van der Waals surface area contributed by atoms with Crippen LogP contribution in [-0.2, 0) is 6.54 Å². The van der Waals surface area contributed by atoms with E-state index >= 15 is 0 Å². The first-order valence-corrected chi connectivity index (χ1v) is 9.46. The van der Waals surface area contributed by atoms with Gasteiger partial charge in [-0.05, 0) is 33.0 Å². The zero-order chi connectivity index (χ0) is 19.6. The van der Waals surface area contributed by atoms with Gasteiger partial charge in [-0.15, -0.1) is 0 Å². The minimum Gasteiger partial charge on any atom is -0.507 e. The second-order valence-corrected chi connectivity index (χ2v) is 7.12. The fraction of sp³-hybridized carbons (Fsp3) is 0.476. The van der Waals surface area contributed by atoms with E-state index in [1.807, 2.05) is 38.1 Å². The number of methoxy groups -OCH3 is 1. The first-order chi connectivity index (χ1) is 13.0. The quantitative estimate of drug-likeness (QED) is 0.873. The van der Waals surface area contributed by atoms with Crippen LogP contribution in [0.15, 0.2) is 35.1 Å². The summed E-state index contributed by atoms with van der Waals surface area (Å²) >= 11 is 0. The third kappa shape index (κ3) is 3.73. The van der Waals surface area contributed by atoms with E-state index in [1.54, 1.807) is 17.7 Å². The average molecular weight is 371 g/mol. The molecule has 27 heavy (non-hydrogen) atoms. The Kier molecular flexibility index (Phi) is 5.87. The van der Waals surface area contributed by atoms with Crippen molar-refractivity contribution in [1.82, 2.24) is 14.4 Å². The number of nitrogens with zero attached hydrogens (tertiary/aromatic N) is 3. The van der Waals surface area contributed by atoms with E-state index in [9.17, 15) is 9.90 Å². The number of likely N-dealkylation sites (N-methyl/N-ethyl adjacent to an activating group) is 1. The summed E-state index contributed by atoms with van der Waals surface area (Å²) in [6, 6.07) is 9.10. The number of hydrogen-bond acceptors (Lipinski definition) is 5. The van der Waals surface area contributed by atoms with Gasteiger partial charge in [0.2, 0.25) is 0 Å². The van der Waals surface area contributed by atoms with Crippen LogP contribution in [0.4, 0.5) is 0 Å². The zero-order valence-electron chi connectivity index (χ0n) is 16.6. The van der Waals surface area contributed by atoms with Crippen LogP contribution in [0.25, 0.3) is 0 Å². The molecule has 1 aliphatic heterocycles. The molecule has 2 heterocycles. The molecule has 0 saturated carbocycles. The fourth-order valence-corrected chi connectivity index (χ4v) is 3.93. The number of ether oxygens (including phenoxy) is 1. The van der Waals surface area contributed by atoms with Crippen molar-refractivity contribution in [3.05, 3.63) is 57.5 Å². The summed E-state index contributed by atoms with van der Waals surface area (Å²) in [5, 5.41) is 10.8. The van der Waals surface area contributed by atoms with Crippen LogP contribution in [-0.4, -0.2) is 59.8 Å². The van der Waals surface area contributed by atoms with Crippen molar-refractivity contribution in [3.8, 4) is 11.5 Å². The number of para-hydroxylation sites is 1. The van der Waals surface area contributed by atoms with Gasteiger partial charge >= 0.3 is 0 Å². The van der Waals surface area contributed by atoms with Gasteiger partial charge in [0.15, 0.2) is 0 Å². The first-order valence-electron chi connectivity index (χ1n) is 9.46. The molecule has 1 N–H and O–H groups in total. The number of benzene rings is 1. The predicted octanol–water partition coefficient (Wildman–Crippen LogP) is 2.23. The second kappa shape index (κ2) is 8.15. The Morgan fingerprint density at radius 3 is 2.48 bits per heavy atom. The second-order valence-electron chi connectivity index (χ2n) is 7.12. The Hall–Kier alpha value is -2.31. The van der Waals surface area contributed by atoms with Crippen LogP contribution >= 0.6 is 0 Å². The summed E-state index contributed by atoms with van der Waals surface area (Å²) < 4.78 is 7.31. The number of aromatic nitrogens is 1. The number of pyridine rings is 1. The fourth-order valence-electron chi connectivity index (χ4n) is 3.93. The normalized spacial score (nSPS) is 17.0. The maximum Gasteiger partial charge on any atom is 0.259 e. The first kappa shape index (κ1) is 19.5. The molecular weight excluding hydrogens is 342 g/mol. The lowest BCUT2D eigenvalue weighted by atomic mass is 9.95. The zero-order valence-corrected chi connectivity index (χ0v) is 16.6. The Bertz CT molecular complexity index is 854. The molecule has 1 aromatic heterocycles. The van der Waals surface area contributed by atoms with Crippen molar-refractivity contribution in [2.24, 2.45) is 0 Å². The summed E-state index contributed by atoms with van der Waals surface area (Å²) in [5.74, 6) is 0.779. The highest BCUT2D eigenvalue weighted by Crippen LogP contribution is 2.37. The molecule has 1 saturated heterocycles. The number of hydrogen-bond donors (Lipinski definition) is 1. The van der Waals surface area contributed by atoms with Gasteiger partial charge in [-0.2, -0.15) is 0 Å². The van der Waals surface area contributed by atoms with Gasteiger partial charge in [0.05, 0.1) is 18.7 Å². The maximum absolute atomic E-state index is 13.3. The van der Waals surface area contributed by atoms with Gasteiger partial charge in [0, 0.05) is 44.0 Å². The highest BCUT2D eigenvalue weighted by molar-refractivity contribution is 5.46. The largest absolute Gasteiger partial charge is 0.507 e. The lowest BCUT2D eigenvalue weighted by Crippen LogP contribution is -2.47. The summed E-state index contributed by atoms with van der Waals surface area (Å²) in [4.78, 5) is 17.8. The monoisotopic (exact) mass is 371 g/mol. The molecule has 3 rings (SSSR count). The number of aryl methyl sites for hydroxylation is 1. The lowest BCUT2D eigenvalue weighted by molar-refractivity contribution is 0.124. The summed E-state index contributed by atoms with van der Waals surface area (Å²) in [6.45, 7) is 7.83. The van der Waals surface area contributed by atoms with Crippen LogP contribution in [0.2, 0.25) is 0 Å². The van der Waals surface area contributed by atoms with Crippen molar-refractivity contribution in [3.63, 3.8) is 0 Å². The molecule has 0 spiro atoms. The van der Waals surface area contributed by atoms with E-state index < -0.39 is 0 Å². The number of rotatable bonds is 5. The minimum absolute atomic E-state index is 0.0528. The van der Waals surface area contributed by atoms with Crippen LogP contribution in [0, 0.1) is 6.92 Å². The third-order valence-corrected chi connectivity index (χ3v) is 5.45. The smallest absolute Gasteiger partial charge is 0.259 e. The Balaban J connectivity index is 2.21. The van der Waals surface area contributed by atoms with Gasteiger partial charge in [-0.1, -0.05) is 18.2 Å². The summed E-state index contributed by atoms with van der Waals surface area (Å²) in [6.07, 6.45) is 0. The molecule has 146 valence electrons. The van der Waals surface area contributed by atoms with Crippen LogP contribution in [0.5, 0.6) is 11.5 Å². The van der Waals surface area contributed by atoms with Gasteiger partial charge in [0.1, 0.15) is 11.5 Å². The highest BCUT2D eigenvalue weighted by atomic mass is 16.5. The lowest BCUT2D eigenvalue weighted by Gasteiger charge is -2.38. The van der Waals surface area contributed by atoms with Crippen molar-refractivity contribution >= 4 is 0 Å². The number of piperazine rings is 1. The minimum atomic E-state index is -0.347. The highest BCUT2D eigenvalue weighted by Gasteiger charge is 2.32. The van der Waals surface area contributed by atoms with Gasteiger partial charge < -0.3 is 19.3 Å². The molecule has 1 atom stereocenters. The van der Waals surface area contributed by atoms with Gasteiger partial charge in [-0.3, -0.25) is 9.69 Å². The van der Waals surface area contributed by atoms with E-state index in [4.69, 9.17) is 4.74 Å². The molecule has 0 amide bonds. The number of aromatic hydroxyl groups is 1. The van der Waals surface area contributed by atoms with E-state index in [0.29, 0.717) is 12.1 Å². The molecule has 0 unspecified atom stereocenters. The van der Waals surface area contributed by atoms with Gasteiger partial charge in [0.25, 0.3) is 5.56 Å². The molecule has 6 nitrogen and oxygen atoms in total. The summed E-state index contributed by atoms with van der Waals surface area (Å²) in [7, 11) is 3.74. The summed E-state index contributed by atoms with van der Waals surface area (Å²) in [5.41, 5.74) is 1.96. The van der Waals surface area contributed by atoms with Crippen LogP contribution < -0.4 is 10.3 Å². The van der Waals surface area contributed by atoms with Crippen molar-refractivity contribution in [1.29, 1.82) is 0 Å². The topological polar surface area (TPSA) is 57.9 Å². The third-order valence-electron chi connectivity index (χ3n) is 5.45. The SMILES string of the molecule is CCn1c(C)cc(O)c([C@H](c2ccccc2OC)N2CCN(C)CC2)c1=O. The molecule has 1 fully saturated rings. The van der Waals surface area contributed by atoms with E-state index in [0.717, 1.165) is 43.2 Å². The van der Waals surface area contributed by atoms with E-state index in [1.165, 1.54) is 0 Å². The molecule has 6 heteroatoms. The Morgan fingerprint density at radius 2 is 1.85 bits per heavy atom. The predicted molar refractivity (Wildman–Crippen MR) is 107 cm³/mol. The molecule has 0 radical (unpaired) electrons. The molecular formula is C21H29N3O3. The standard InChI is InChI=1S/C21H29N3O3/c1-5-24-15(2)14-17(25)19(21(24)26)20(23-12-10-22(3)11-13-23)16-8-6-7-9-18(16)27-4/h6-9,14,20,25H,5,10-13H2,1-4H3/t20-/m0/s1. The molecule has 1 aliphatic rings. The Morgan fingerprint density at radius 1 is 1.19 bits per heavy atom. The molecule has 0 bridgehead atoms. The van der Waals surface area contributed by atoms with Crippen molar-refractivity contribution in [2.75, 3.05) is 40.3 Å². The van der Waals surface area contributed by atoms with E-state index in [2.05, 4.69) is 16.8 Å². The molecule has 1 aromatic carbocycles. The van der Waals surface area contributed by atoms with E-state index in [-0.39, 0.29) is 17.4 Å². The van der Waals surface area contributed by atoms with Gasteiger partial charge in [-0.25, -0.2) is 0 Å². The maximum atomic E-state index is 13.3. The Labute approximate surface area is 160 Å². The molecule has 0 aliphatic carbocycles. The van der Waals surface area contributed by atoms with Crippen LogP contribution in [0.1, 0.15) is 29.8 Å². The molecule has 2 aromatic rings. The van der Waals surface area contributed by atoms with Crippen molar-refractivity contribution in [2.45, 2.75) is 26.4 Å². The van der Waals surface area contributed by atoms with Crippen LogP contribution in [0.3, 0.4) is 0 Å². The average Bonchev–Trinajstić information content (AvgIpc) is 2.66.